The van der Waals surface area contributed by atoms with E-state index in [9.17, 15) is 13.2 Å². The molecule has 0 fully saturated rings. The van der Waals surface area contributed by atoms with Crippen molar-refractivity contribution in [1.82, 2.24) is 10.0 Å². The number of sulfonamides is 1. The van der Waals surface area contributed by atoms with Crippen molar-refractivity contribution in [1.29, 1.82) is 0 Å². The molecule has 0 unspecified atom stereocenters. The third kappa shape index (κ3) is 8.28. The zero-order valence-electron chi connectivity index (χ0n) is 21.3. The first-order valence-corrected chi connectivity index (χ1v) is 12.6. The molecule has 200 valence electrons. The Morgan fingerprint density at radius 3 is 2.31 bits per heavy atom. The number of carbonyl (C=O) groups is 1. The molecule has 0 aliphatic heterocycles. The average Bonchev–Trinajstić information content (AvgIpc) is 2.82. The minimum atomic E-state index is -3.93. The highest BCUT2D eigenvalue weighted by Gasteiger charge is 2.23. The summed E-state index contributed by atoms with van der Waals surface area (Å²) in [6, 6.07) is 8.31. The molecule has 12 heteroatoms. The zero-order chi connectivity index (χ0) is 26.2. The van der Waals surface area contributed by atoms with E-state index in [1.807, 2.05) is 24.3 Å². The molecule has 0 heterocycles. The van der Waals surface area contributed by atoms with Gasteiger partial charge in [-0.05, 0) is 74.1 Å². The fourth-order valence-corrected chi connectivity index (χ4v) is 5.05. The van der Waals surface area contributed by atoms with E-state index >= 15 is 0 Å². The van der Waals surface area contributed by atoms with E-state index in [-0.39, 0.29) is 35.7 Å². The van der Waals surface area contributed by atoms with Crippen molar-refractivity contribution in [2.75, 3.05) is 20.8 Å². The molecule has 2 aromatic rings. The summed E-state index contributed by atoms with van der Waals surface area (Å²) in [6.07, 6.45) is 0.827. The van der Waals surface area contributed by atoms with Gasteiger partial charge in [0.1, 0.15) is 11.5 Å². The van der Waals surface area contributed by atoms with Crippen molar-refractivity contribution in [2.24, 2.45) is 16.5 Å². The number of guanidine groups is 1. The molecule has 0 spiro atoms. The second-order valence-corrected chi connectivity index (χ2v) is 9.78. The van der Waals surface area contributed by atoms with E-state index in [1.54, 1.807) is 33.9 Å². The third-order valence-electron chi connectivity index (χ3n) is 5.62. The van der Waals surface area contributed by atoms with Gasteiger partial charge in [0.05, 0.1) is 25.2 Å². The van der Waals surface area contributed by atoms with E-state index in [1.165, 1.54) is 7.11 Å². The summed E-state index contributed by atoms with van der Waals surface area (Å²) in [7, 11) is -0.806. The normalized spacial score (nSPS) is 12.3. The lowest BCUT2D eigenvalue weighted by Gasteiger charge is -2.17. The summed E-state index contributed by atoms with van der Waals surface area (Å²) in [5, 5.41) is 2.79. The number of aryl methyl sites for hydroxylation is 1. The first kappa shape index (κ1) is 31.0. The molecule has 1 amide bonds. The van der Waals surface area contributed by atoms with Crippen LogP contribution in [0.1, 0.15) is 35.1 Å². The van der Waals surface area contributed by atoms with Crippen LogP contribution < -0.4 is 31.0 Å². The van der Waals surface area contributed by atoms with Gasteiger partial charge in [0.15, 0.2) is 0 Å². The van der Waals surface area contributed by atoms with Gasteiger partial charge in [-0.25, -0.2) is 13.1 Å². The van der Waals surface area contributed by atoms with Crippen LogP contribution in [0.25, 0.3) is 0 Å². The number of halogens is 1. The van der Waals surface area contributed by atoms with Gasteiger partial charge in [-0.1, -0.05) is 12.1 Å². The number of nitrogens with one attached hydrogen (secondary N) is 2. The average molecular weight is 542 g/mol. The molecular weight excluding hydrogens is 506 g/mol. The minimum absolute atomic E-state index is 0. The summed E-state index contributed by atoms with van der Waals surface area (Å²) in [5.41, 5.74) is 14.5. The number of nitrogens with zero attached hydrogens (tertiary/aromatic N) is 1. The van der Waals surface area contributed by atoms with Crippen LogP contribution >= 0.6 is 12.4 Å². The molecule has 0 aliphatic rings. The quantitative estimate of drug-likeness (QED) is 0.192. The van der Waals surface area contributed by atoms with Gasteiger partial charge in [0.2, 0.25) is 11.9 Å². The van der Waals surface area contributed by atoms with Crippen molar-refractivity contribution in [3.8, 4) is 11.5 Å². The number of nitrogens with two attached hydrogens (primary N) is 2. The molecule has 2 rings (SSSR count). The van der Waals surface area contributed by atoms with Crippen LogP contribution in [0, 0.1) is 20.8 Å². The molecule has 10 nitrogen and oxygen atoms in total. The van der Waals surface area contributed by atoms with E-state index < -0.39 is 16.1 Å². The Morgan fingerprint density at radius 2 is 1.72 bits per heavy atom. The maximum absolute atomic E-state index is 12.9. The van der Waals surface area contributed by atoms with Crippen LogP contribution in [0.15, 0.2) is 40.2 Å². The van der Waals surface area contributed by atoms with E-state index in [2.05, 4.69) is 15.0 Å². The Morgan fingerprint density at radius 1 is 1.08 bits per heavy atom. The Balaban J connectivity index is 0.00000648. The summed E-state index contributed by atoms with van der Waals surface area (Å²) in [4.78, 5) is 16.4. The van der Waals surface area contributed by atoms with Crippen molar-refractivity contribution in [2.45, 2.75) is 51.1 Å². The summed E-state index contributed by atoms with van der Waals surface area (Å²) >= 11 is 0. The fourth-order valence-electron chi connectivity index (χ4n) is 3.57. The third-order valence-corrected chi connectivity index (χ3v) is 7.27. The predicted molar refractivity (Wildman–Crippen MR) is 143 cm³/mol. The first-order chi connectivity index (χ1) is 16.5. The van der Waals surface area contributed by atoms with Gasteiger partial charge in [-0.3, -0.25) is 9.79 Å². The SMILES string of the molecule is COc1ccc(CNC(=O)[C@@H](N)CCCN=C(N)NS(=O)(=O)c2c(C)cc(OC)c(C)c2C)cc1.Cl. The highest BCUT2D eigenvalue weighted by atomic mass is 35.5. The fraction of sp³-hybridized carbons (Fsp3) is 0.417. The highest BCUT2D eigenvalue weighted by Crippen LogP contribution is 2.30. The van der Waals surface area contributed by atoms with Gasteiger partial charge in [-0.15, -0.1) is 12.4 Å². The van der Waals surface area contributed by atoms with Gasteiger partial charge in [0, 0.05) is 13.1 Å². The summed E-state index contributed by atoms with van der Waals surface area (Å²) < 4.78 is 38.5. The van der Waals surface area contributed by atoms with Crippen molar-refractivity contribution in [3.63, 3.8) is 0 Å². The molecule has 0 aromatic heterocycles. The standard InChI is InChI=1S/C24H35N5O5S.ClH/c1-15-13-21(34-5)16(2)17(3)22(15)35(31,32)29-24(26)27-12-6-7-20(25)23(30)28-14-18-8-10-19(33-4)11-9-18;/h8-11,13,20H,6-7,12,14,25H2,1-5H3,(H,28,30)(H3,26,27,29);1H/t20-;/m0./s1. The lowest BCUT2D eigenvalue weighted by Crippen LogP contribution is -2.40. The molecule has 2 aromatic carbocycles. The Bertz CT molecular complexity index is 1170. The number of amides is 1. The summed E-state index contributed by atoms with van der Waals surface area (Å²) in [5.74, 6) is 0.849. The number of aliphatic imine (C=N–C) groups is 1. The number of rotatable bonds is 11. The molecule has 0 bridgehead atoms. The van der Waals surface area contributed by atoms with Gasteiger partial charge in [0.25, 0.3) is 10.0 Å². The topological polar surface area (TPSA) is 158 Å². The van der Waals surface area contributed by atoms with Crippen LogP contribution in [-0.4, -0.2) is 47.1 Å². The predicted octanol–water partition coefficient (Wildman–Crippen LogP) is 2.07. The van der Waals surface area contributed by atoms with E-state index in [4.69, 9.17) is 20.9 Å². The van der Waals surface area contributed by atoms with Gasteiger partial charge in [-0.2, -0.15) is 0 Å². The smallest absolute Gasteiger partial charge is 0.264 e. The van der Waals surface area contributed by atoms with Crippen LogP contribution in [0.3, 0.4) is 0 Å². The van der Waals surface area contributed by atoms with E-state index in [0.29, 0.717) is 36.3 Å². The molecule has 0 saturated heterocycles. The van der Waals surface area contributed by atoms with Gasteiger partial charge < -0.3 is 26.3 Å². The second-order valence-electron chi connectivity index (χ2n) is 8.16. The van der Waals surface area contributed by atoms with Crippen LogP contribution in [-0.2, 0) is 21.4 Å². The van der Waals surface area contributed by atoms with Crippen LogP contribution in [0.5, 0.6) is 11.5 Å². The number of carbonyl (C=O) groups excluding carboxylic acids is 1. The number of methoxy groups -OCH3 is 2. The van der Waals surface area contributed by atoms with Gasteiger partial charge >= 0.3 is 0 Å². The molecule has 0 saturated carbocycles. The second kappa shape index (κ2) is 13.9. The molecule has 0 radical (unpaired) electrons. The first-order valence-electron chi connectivity index (χ1n) is 11.1. The van der Waals surface area contributed by atoms with E-state index in [0.717, 1.165) is 16.9 Å². The van der Waals surface area contributed by atoms with Crippen molar-refractivity contribution < 1.29 is 22.7 Å². The Labute approximate surface area is 219 Å². The Kier molecular flexibility index (Phi) is 12.0. The minimum Gasteiger partial charge on any atom is -0.497 e. The number of ether oxygens (including phenoxy) is 2. The zero-order valence-corrected chi connectivity index (χ0v) is 22.9. The number of hydrogen-bond donors (Lipinski definition) is 4. The molecular formula is C24H36ClN5O5S. The molecule has 6 N–H and O–H groups in total. The van der Waals surface area contributed by atoms with Crippen LogP contribution in [0.2, 0.25) is 0 Å². The maximum Gasteiger partial charge on any atom is 0.264 e. The number of benzene rings is 2. The van der Waals surface area contributed by atoms with Crippen LogP contribution in [0.4, 0.5) is 0 Å². The van der Waals surface area contributed by atoms with Crippen molar-refractivity contribution >= 4 is 34.3 Å². The number of hydrogen-bond acceptors (Lipinski definition) is 7. The molecule has 0 aliphatic carbocycles. The maximum atomic E-state index is 12.9. The lowest BCUT2D eigenvalue weighted by molar-refractivity contribution is -0.122. The van der Waals surface area contributed by atoms with Crippen molar-refractivity contribution in [3.05, 3.63) is 52.6 Å². The molecule has 1 atom stereocenters. The highest BCUT2D eigenvalue weighted by molar-refractivity contribution is 7.90. The lowest BCUT2D eigenvalue weighted by atomic mass is 10.1. The summed E-state index contributed by atoms with van der Waals surface area (Å²) in [6.45, 7) is 5.77. The Hall–Kier alpha value is -3.02. The largest absolute Gasteiger partial charge is 0.497 e. The molecule has 36 heavy (non-hydrogen) atoms. The monoisotopic (exact) mass is 541 g/mol.